The lowest BCUT2D eigenvalue weighted by molar-refractivity contribution is -0.117. The van der Waals surface area contributed by atoms with Gasteiger partial charge in [0.1, 0.15) is 0 Å². The number of hydrogen-bond donors (Lipinski definition) is 2. The minimum atomic E-state index is -0.0299. The Kier molecular flexibility index (Phi) is 4.39. The average molecular weight is 263 g/mol. The summed E-state index contributed by atoms with van der Waals surface area (Å²) in [6, 6.07) is 5.60. The molecule has 1 saturated heterocycles. The van der Waals surface area contributed by atoms with Gasteiger partial charge in [0.05, 0.1) is 24.0 Å². The van der Waals surface area contributed by atoms with Gasteiger partial charge in [-0.25, -0.2) is 0 Å². The van der Waals surface area contributed by atoms with E-state index >= 15 is 0 Å². The molecule has 5 nitrogen and oxygen atoms in total. The number of rotatable bonds is 4. The van der Waals surface area contributed by atoms with E-state index in [4.69, 9.17) is 10.5 Å². The molecule has 1 aromatic rings. The Bertz CT molecular complexity index is 442. The van der Waals surface area contributed by atoms with Gasteiger partial charge in [-0.2, -0.15) is 0 Å². The Morgan fingerprint density at radius 3 is 3.00 bits per heavy atom. The summed E-state index contributed by atoms with van der Waals surface area (Å²) >= 11 is 0. The third-order valence-electron chi connectivity index (χ3n) is 3.50. The lowest BCUT2D eigenvalue weighted by Crippen LogP contribution is -2.32. The third-order valence-corrected chi connectivity index (χ3v) is 3.50. The quantitative estimate of drug-likeness (QED) is 0.802. The zero-order valence-electron chi connectivity index (χ0n) is 11.5. The van der Waals surface area contributed by atoms with Crippen LogP contribution in [-0.2, 0) is 9.53 Å². The van der Waals surface area contributed by atoms with E-state index in [1.165, 1.54) is 0 Å². The molecule has 0 spiro atoms. The van der Waals surface area contributed by atoms with Gasteiger partial charge in [-0.1, -0.05) is 12.1 Å². The normalized spacial score (nSPS) is 19.6. The summed E-state index contributed by atoms with van der Waals surface area (Å²) in [4.78, 5) is 14.1. The molecule has 1 aromatic carbocycles. The van der Waals surface area contributed by atoms with E-state index < -0.39 is 0 Å². The van der Waals surface area contributed by atoms with Crippen LogP contribution < -0.4 is 11.1 Å². The molecule has 1 amide bonds. The van der Waals surface area contributed by atoms with Gasteiger partial charge in [0, 0.05) is 20.2 Å². The number of likely N-dealkylation sites (tertiary alicyclic amines) is 1. The maximum Gasteiger partial charge on any atom is 0.238 e. The molecule has 1 heterocycles. The van der Waals surface area contributed by atoms with Gasteiger partial charge in [-0.3, -0.25) is 9.69 Å². The molecule has 1 unspecified atom stereocenters. The fraction of sp³-hybridized carbons (Fsp3) is 0.500. The molecule has 19 heavy (non-hydrogen) atoms. The highest BCUT2D eigenvalue weighted by Crippen LogP contribution is 2.22. The number of para-hydroxylation sites is 1. The number of anilines is 2. The first-order chi connectivity index (χ1) is 9.10. The lowest BCUT2D eigenvalue weighted by atomic mass is 10.1. The van der Waals surface area contributed by atoms with Gasteiger partial charge >= 0.3 is 0 Å². The molecule has 0 bridgehead atoms. The maximum absolute atomic E-state index is 12.0. The monoisotopic (exact) mass is 263 g/mol. The van der Waals surface area contributed by atoms with Crippen molar-refractivity contribution in [1.29, 1.82) is 0 Å². The number of benzene rings is 1. The molecule has 0 aromatic heterocycles. The molecular formula is C14H21N3O2. The number of carbonyl (C=O) groups is 1. The third kappa shape index (κ3) is 3.45. The second-order valence-electron chi connectivity index (χ2n) is 4.97. The summed E-state index contributed by atoms with van der Waals surface area (Å²) < 4.78 is 5.29. The molecule has 104 valence electrons. The van der Waals surface area contributed by atoms with E-state index in [9.17, 15) is 4.79 Å². The van der Waals surface area contributed by atoms with Crippen LogP contribution in [0.1, 0.15) is 12.0 Å². The van der Waals surface area contributed by atoms with Crippen LogP contribution in [-0.4, -0.2) is 43.7 Å². The highest BCUT2D eigenvalue weighted by Gasteiger charge is 2.23. The second-order valence-corrected chi connectivity index (χ2v) is 4.97. The molecule has 5 heteroatoms. The van der Waals surface area contributed by atoms with Gasteiger partial charge in [-0.05, 0) is 25.0 Å². The summed E-state index contributed by atoms with van der Waals surface area (Å²) in [6.45, 7) is 4.03. The molecule has 1 aliphatic heterocycles. The average Bonchev–Trinajstić information content (AvgIpc) is 2.81. The lowest BCUT2D eigenvalue weighted by Gasteiger charge is -2.16. The summed E-state index contributed by atoms with van der Waals surface area (Å²) in [5, 5.41) is 2.89. The molecule has 0 saturated carbocycles. The molecular weight excluding hydrogens is 242 g/mol. The fourth-order valence-corrected chi connectivity index (χ4v) is 2.38. The minimum absolute atomic E-state index is 0.0299. The van der Waals surface area contributed by atoms with Gasteiger partial charge in [0.2, 0.25) is 5.91 Å². The zero-order chi connectivity index (χ0) is 13.8. The Hall–Kier alpha value is -1.59. The van der Waals surface area contributed by atoms with Gasteiger partial charge in [0.15, 0.2) is 0 Å². The maximum atomic E-state index is 12.0. The largest absolute Gasteiger partial charge is 0.397 e. The zero-order valence-corrected chi connectivity index (χ0v) is 11.5. The van der Waals surface area contributed by atoms with E-state index in [0.29, 0.717) is 12.2 Å². The number of nitrogens with two attached hydrogens (primary N) is 1. The van der Waals surface area contributed by atoms with Crippen molar-refractivity contribution in [3.8, 4) is 0 Å². The summed E-state index contributed by atoms with van der Waals surface area (Å²) in [5.41, 5.74) is 8.17. The van der Waals surface area contributed by atoms with E-state index in [-0.39, 0.29) is 12.0 Å². The smallest absolute Gasteiger partial charge is 0.238 e. The van der Waals surface area contributed by atoms with Crippen LogP contribution >= 0.6 is 0 Å². The van der Waals surface area contributed by atoms with Crippen molar-refractivity contribution in [3.05, 3.63) is 23.8 Å². The fourth-order valence-electron chi connectivity index (χ4n) is 2.38. The van der Waals surface area contributed by atoms with Crippen molar-refractivity contribution in [2.45, 2.75) is 19.4 Å². The number of nitrogens with one attached hydrogen (secondary N) is 1. The van der Waals surface area contributed by atoms with Crippen LogP contribution in [0.25, 0.3) is 0 Å². The molecule has 1 fully saturated rings. The number of ether oxygens (including phenoxy) is 1. The van der Waals surface area contributed by atoms with Crippen molar-refractivity contribution >= 4 is 17.3 Å². The van der Waals surface area contributed by atoms with E-state index in [2.05, 4.69) is 10.2 Å². The van der Waals surface area contributed by atoms with Crippen LogP contribution in [0.5, 0.6) is 0 Å². The highest BCUT2D eigenvalue weighted by atomic mass is 16.5. The second kappa shape index (κ2) is 6.04. The summed E-state index contributed by atoms with van der Waals surface area (Å²) in [5.74, 6) is -0.0299. The predicted molar refractivity (Wildman–Crippen MR) is 76.1 cm³/mol. The van der Waals surface area contributed by atoms with Gasteiger partial charge in [-0.15, -0.1) is 0 Å². The molecule has 0 radical (unpaired) electrons. The van der Waals surface area contributed by atoms with Crippen molar-refractivity contribution in [2.75, 3.05) is 37.8 Å². The van der Waals surface area contributed by atoms with E-state index in [1.54, 1.807) is 13.2 Å². The first kappa shape index (κ1) is 13.8. The van der Waals surface area contributed by atoms with Crippen LogP contribution in [0.3, 0.4) is 0 Å². The van der Waals surface area contributed by atoms with Crippen molar-refractivity contribution in [3.63, 3.8) is 0 Å². The van der Waals surface area contributed by atoms with Crippen LogP contribution in [0.2, 0.25) is 0 Å². The summed E-state index contributed by atoms with van der Waals surface area (Å²) in [7, 11) is 1.71. The molecule has 1 aliphatic rings. The number of amides is 1. The van der Waals surface area contributed by atoms with Gasteiger partial charge in [0.25, 0.3) is 0 Å². The summed E-state index contributed by atoms with van der Waals surface area (Å²) in [6.07, 6.45) is 1.23. The topological polar surface area (TPSA) is 67.6 Å². The first-order valence-electron chi connectivity index (χ1n) is 6.50. The van der Waals surface area contributed by atoms with Gasteiger partial charge < -0.3 is 15.8 Å². The molecule has 0 aliphatic carbocycles. The number of carbonyl (C=O) groups excluding carboxylic acids is 1. The Balaban J connectivity index is 1.91. The Morgan fingerprint density at radius 2 is 2.37 bits per heavy atom. The van der Waals surface area contributed by atoms with Crippen molar-refractivity contribution in [2.24, 2.45) is 0 Å². The number of aryl methyl sites for hydroxylation is 1. The minimum Gasteiger partial charge on any atom is -0.397 e. The van der Waals surface area contributed by atoms with Crippen molar-refractivity contribution in [1.82, 2.24) is 4.90 Å². The first-order valence-corrected chi connectivity index (χ1v) is 6.50. The standard InChI is InChI=1S/C14H21N3O2/c1-10-4-3-5-12(15)14(10)16-13(18)9-17-7-6-11(8-17)19-2/h3-5,11H,6-9,15H2,1-2H3,(H,16,18). The predicted octanol–water partition coefficient (Wildman–Crippen LogP) is 1.24. The Morgan fingerprint density at radius 1 is 1.58 bits per heavy atom. The van der Waals surface area contributed by atoms with E-state index in [1.807, 2.05) is 19.1 Å². The van der Waals surface area contributed by atoms with Crippen LogP contribution in [0, 0.1) is 6.92 Å². The van der Waals surface area contributed by atoms with E-state index in [0.717, 1.165) is 30.8 Å². The Labute approximate surface area is 113 Å². The highest BCUT2D eigenvalue weighted by molar-refractivity contribution is 5.96. The van der Waals surface area contributed by atoms with Crippen molar-refractivity contribution < 1.29 is 9.53 Å². The molecule has 1 atom stereocenters. The number of methoxy groups -OCH3 is 1. The number of hydrogen-bond acceptors (Lipinski definition) is 4. The molecule has 3 N–H and O–H groups in total. The number of nitrogens with zero attached hydrogens (tertiary/aromatic N) is 1. The SMILES string of the molecule is COC1CCN(CC(=O)Nc2c(C)cccc2N)C1. The van der Waals surface area contributed by atoms with Crippen LogP contribution in [0.4, 0.5) is 11.4 Å². The van der Waals surface area contributed by atoms with Crippen LogP contribution in [0.15, 0.2) is 18.2 Å². The molecule has 2 rings (SSSR count). The number of nitrogen functional groups attached to an aromatic ring is 1.